The van der Waals surface area contributed by atoms with Crippen LogP contribution in [0, 0.1) is 11.8 Å². The van der Waals surface area contributed by atoms with E-state index in [0.717, 1.165) is 50.0 Å². The van der Waals surface area contributed by atoms with Gasteiger partial charge in [-0.15, -0.1) is 0 Å². The number of aliphatic hydroxyl groups excluding tert-OH is 2. The molecule has 4 heteroatoms. The highest BCUT2D eigenvalue weighted by Crippen LogP contribution is 2.30. The highest BCUT2D eigenvalue weighted by Gasteiger charge is 2.22. The molecular formula is C24H34O4. The van der Waals surface area contributed by atoms with Crippen LogP contribution in [-0.4, -0.2) is 37.6 Å². The fourth-order valence-electron chi connectivity index (χ4n) is 3.82. The Hall–Kier alpha value is -2.04. The highest BCUT2D eigenvalue weighted by atomic mass is 16.5. The van der Waals surface area contributed by atoms with E-state index in [4.69, 9.17) is 9.47 Å². The molecule has 2 rings (SSSR count). The molecule has 0 amide bonds. The summed E-state index contributed by atoms with van der Waals surface area (Å²) in [7, 11) is 3.36. The van der Waals surface area contributed by atoms with Crippen LogP contribution in [0.4, 0.5) is 0 Å². The van der Waals surface area contributed by atoms with Gasteiger partial charge in [0.1, 0.15) is 11.5 Å². The minimum absolute atomic E-state index is 0.194. The third kappa shape index (κ3) is 7.17. The lowest BCUT2D eigenvalue weighted by atomic mass is 9.78. The topological polar surface area (TPSA) is 58.9 Å². The van der Waals surface area contributed by atoms with Gasteiger partial charge in [-0.25, -0.2) is 0 Å². The smallest absolute Gasteiger partial charge is 0.118 e. The molecule has 0 saturated heterocycles. The van der Waals surface area contributed by atoms with Crippen LogP contribution in [0.15, 0.2) is 48.5 Å². The Labute approximate surface area is 169 Å². The van der Waals surface area contributed by atoms with Crippen molar-refractivity contribution in [1.29, 1.82) is 0 Å². The Bertz CT molecular complexity index is 651. The number of hydrogen-bond donors (Lipinski definition) is 2. The van der Waals surface area contributed by atoms with Gasteiger partial charge in [-0.2, -0.15) is 0 Å². The molecule has 154 valence electrons. The zero-order valence-electron chi connectivity index (χ0n) is 17.1. The number of ether oxygens (including phenoxy) is 2. The summed E-state index contributed by atoms with van der Waals surface area (Å²) < 4.78 is 10.5. The van der Waals surface area contributed by atoms with Gasteiger partial charge in [-0.1, -0.05) is 30.7 Å². The highest BCUT2D eigenvalue weighted by molar-refractivity contribution is 5.29. The first kappa shape index (κ1) is 22.3. The molecule has 0 aliphatic heterocycles. The minimum atomic E-state index is 0.194. The molecule has 0 saturated carbocycles. The van der Waals surface area contributed by atoms with Gasteiger partial charge in [0, 0.05) is 13.2 Å². The van der Waals surface area contributed by atoms with Gasteiger partial charge >= 0.3 is 0 Å². The minimum Gasteiger partial charge on any atom is -0.497 e. The van der Waals surface area contributed by atoms with E-state index in [1.807, 2.05) is 24.3 Å². The van der Waals surface area contributed by atoms with E-state index in [0.29, 0.717) is 11.8 Å². The molecule has 0 fully saturated rings. The van der Waals surface area contributed by atoms with E-state index < -0.39 is 0 Å². The quantitative estimate of drug-likeness (QED) is 0.505. The lowest BCUT2D eigenvalue weighted by molar-refractivity contribution is 0.203. The SMILES string of the molecule is COc1ccc(C[C@@H](CCO)[C@H](CCCCO)Cc2ccc(OC)cc2)cc1. The molecule has 4 nitrogen and oxygen atoms in total. The number of aliphatic hydroxyl groups is 2. The summed E-state index contributed by atoms with van der Waals surface area (Å²) in [5.41, 5.74) is 2.55. The molecule has 0 aliphatic carbocycles. The zero-order valence-corrected chi connectivity index (χ0v) is 17.1. The normalized spacial score (nSPS) is 13.1. The molecule has 0 bridgehead atoms. The second kappa shape index (κ2) is 12.4. The van der Waals surface area contributed by atoms with E-state index >= 15 is 0 Å². The van der Waals surface area contributed by atoms with Gasteiger partial charge in [0.05, 0.1) is 14.2 Å². The fourth-order valence-corrected chi connectivity index (χ4v) is 3.82. The first-order chi connectivity index (χ1) is 13.7. The number of unbranched alkanes of at least 4 members (excludes halogenated alkanes) is 1. The lowest BCUT2D eigenvalue weighted by Gasteiger charge is -2.27. The second-order valence-corrected chi connectivity index (χ2v) is 7.36. The van der Waals surface area contributed by atoms with Gasteiger partial charge in [0.2, 0.25) is 0 Å². The Balaban J connectivity index is 2.13. The molecule has 2 N–H and O–H groups in total. The summed E-state index contributed by atoms with van der Waals surface area (Å²) in [6.45, 7) is 0.429. The van der Waals surface area contributed by atoms with Crippen LogP contribution in [0.1, 0.15) is 36.8 Å². The third-order valence-electron chi connectivity index (χ3n) is 5.46. The third-order valence-corrected chi connectivity index (χ3v) is 5.46. The van der Waals surface area contributed by atoms with E-state index in [1.54, 1.807) is 14.2 Å². The molecule has 0 aromatic heterocycles. The van der Waals surface area contributed by atoms with E-state index in [-0.39, 0.29) is 13.2 Å². The Morgan fingerprint density at radius 1 is 0.643 bits per heavy atom. The molecule has 0 radical (unpaired) electrons. The standard InChI is InChI=1S/C24H34O4/c1-27-23-10-6-19(7-11-23)17-21(5-3-4-15-25)22(14-16-26)18-20-8-12-24(28-2)13-9-20/h6-13,21-22,25-26H,3-5,14-18H2,1-2H3/t21-,22-/m1/s1. The van der Waals surface area contributed by atoms with Crippen molar-refractivity contribution in [2.24, 2.45) is 11.8 Å². The lowest BCUT2D eigenvalue weighted by Crippen LogP contribution is -2.21. The summed E-state index contributed by atoms with van der Waals surface area (Å²) in [6, 6.07) is 16.5. The summed E-state index contributed by atoms with van der Waals surface area (Å²) in [4.78, 5) is 0. The van der Waals surface area contributed by atoms with Crippen molar-refractivity contribution in [3.05, 3.63) is 59.7 Å². The van der Waals surface area contributed by atoms with Gasteiger partial charge < -0.3 is 19.7 Å². The van der Waals surface area contributed by atoms with Crippen LogP contribution >= 0.6 is 0 Å². The number of benzene rings is 2. The zero-order chi connectivity index (χ0) is 20.2. The molecule has 2 aromatic carbocycles. The Kier molecular flexibility index (Phi) is 9.87. The van der Waals surface area contributed by atoms with Crippen molar-refractivity contribution >= 4 is 0 Å². The first-order valence-corrected chi connectivity index (χ1v) is 10.2. The van der Waals surface area contributed by atoms with Crippen molar-refractivity contribution in [3.63, 3.8) is 0 Å². The Morgan fingerprint density at radius 2 is 1.11 bits per heavy atom. The summed E-state index contributed by atoms with van der Waals surface area (Å²) in [5, 5.41) is 18.9. The molecule has 0 heterocycles. The molecule has 0 aliphatic rings. The van der Waals surface area contributed by atoms with E-state index in [2.05, 4.69) is 24.3 Å². The summed E-state index contributed by atoms with van der Waals surface area (Å²) in [6.07, 6.45) is 5.56. The van der Waals surface area contributed by atoms with Crippen molar-refractivity contribution in [2.45, 2.75) is 38.5 Å². The predicted octanol–water partition coefficient (Wildman–Crippen LogP) is 4.27. The maximum atomic E-state index is 9.68. The molecular weight excluding hydrogens is 352 g/mol. The maximum Gasteiger partial charge on any atom is 0.118 e. The number of methoxy groups -OCH3 is 2. The molecule has 2 aromatic rings. The summed E-state index contributed by atoms with van der Waals surface area (Å²) >= 11 is 0. The van der Waals surface area contributed by atoms with Gasteiger partial charge in [-0.05, 0) is 79.3 Å². The van der Waals surface area contributed by atoms with Crippen LogP contribution in [0.5, 0.6) is 11.5 Å². The van der Waals surface area contributed by atoms with Gasteiger partial charge in [0.15, 0.2) is 0 Å². The van der Waals surface area contributed by atoms with Crippen LogP contribution in [0.2, 0.25) is 0 Å². The van der Waals surface area contributed by atoms with Crippen LogP contribution < -0.4 is 9.47 Å². The molecule has 0 spiro atoms. The largest absolute Gasteiger partial charge is 0.497 e. The number of hydrogen-bond acceptors (Lipinski definition) is 4. The fraction of sp³-hybridized carbons (Fsp3) is 0.500. The van der Waals surface area contributed by atoms with Gasteiger partial charge in [0.25, 0.3) is 0 Å². The maximum absolute atomic E-state index is 9.68. The van der Waals surface area contributed by atoms with Crippen molar-refractivity contribution in [1.82, 2.24) is 0 Å². The van der Waals surface area contributed by atoms with Crippen LogP contribution in [0.3, 0.4) is 0 Å². The molecule has 2 atom stereocenters. The van der Waals surface area contributed by atoms with Gasteiger partial charge in [-0.3, -0.25) is 0 Å². The summed E-state index contributed by atoms with van der Waals surface area (Å²) in [5.74, 6) is 2.57. The number of rotatable bonds is 13. The Morgan fingerprint density at radius 3 is 1.50 bits per heavy atom. The second-order valence-electron chi connectivity index (χ2n) is 7.36. The average Bonchev–Trinajstić information content (AvgIpc) is 2.74. The van der Waals surface area contributed by atoms with Crippen molar-refractivity contribution < 1.29 is 19.7 Å². The average molecular weight is 387 g/mol. The molecule has 28 heavy (non-hydrogen) atoms. The van der Waals surface area contributed by atoms with E-state index in [1.165, 1.54) is 11.1 Å². The first-order valence-electron chi connectivity index (χ1n) is 10.2. The predicted molar refractivity (Wildman–Crippen MR) is 113 cm³/mol. The van der Waals surface area contributed by atoms with E-state index in [9.17, 15) is 10.2 Å². The molecule has 0 unspecified atom stereocenters. The van der Waals surface area contributed by atoms with Crippen molar-refractivity contribution in [3.8, 4) is 11.5 Å². The van der Waals surface area contributed by atoms with Crippen LogP contribution in [0.25, 0.3) is 0 Å². The monoisotopic (exact) mass is 386 g/mol. The van der Waals surface area contributed by atoms with Crippen molar-refractivity contribution in [2.75, 3.05) is 27.4 Å². The van der Waals surface area contributed by atoms with Crippen LogP contribution in [-0.2, 0) is 12.8 Å².